The maximum Gasteiger partial charge on any atom is 0.341 e. The number of ether oxygens (including phenoxy) is 2. The van der Waals surface area contributed by atoms with Gasteiger partial charge in [-0.2, -0.15) is 0 Å². The van der Waals surface area contributed by atoms with Gasteiger partial charge in [0.25, 0.3) is 5.91 Å². The highest BCUT2D eigenvalue weighted by Gasteiger charge is 2.27. The fourth-order valence-electron chi connectivity index (χ4n) is 1.88. The number of hydrogen-bond donors (Lipinski definition) is 1. The van der Waals surface area contributed by atoms with Gasteiger partial charge in [-0.1, -0.05) is 31.9 Å². The first kappa shape index (κ1) is 19.9. The maximum absolute atomic E-state index is 13.6. The summed E-state index contributed by atoms with van der Waals surface area (Å²) in [5.74, 6) is -3.29. The van der Waals surface area contributed by atoms with Crippen molar-refractivity contribution in [3.63, 3.8) is 0 Å². The van der Waals surface area contributed by atoms with Crippen LogP contribution in [0.5, 0.6) is 0 Å². The second-order valence-corrected chi connectivity index (χ2v) is 5.59. The van der Waals surface area contributed by atoms with Crippen molar-refractivity contribution in [2.45, 2.75) is 26.3 Å². The summed E-state index contributed by atoms with van der Waals surface area (Å²) in [5, 5.41) is 2.58. The number of rotatable bonds is 7. The molecule has 0 aromatic heterocycles. The van der Waals surface area contributed by atoms with Crippen molar-refractivity contribution < 1.29 is 28.2 Å². The van der Waals surface area contributed by atoms with Crippen molar-refractivity contribution >= 4 is 29.4 Å². The highest BCUT2D eigenvalue weighted by atomic mass is 35.5. The lowest BCUT2D eigenvalue weighted by molar-refractivity contribution is -0.147. The van der Waals surface area contributed by atoms with Gasteiger partial charge < -0.3 is 14.8 Å². The first-order chi connectivity index (χ1) is 11.3. The van der Waals surface area contributed by atoms with E-state index in [1.807, 2.05) is 6.92 Å². The molecule has 24 heavy (non-hydrogen) atoms. The van der Waals surface area contributed by atoms with Crippen LogP contribution < -0.4 is 5.32 Å². The number of amides is 1. The van der Waals surface area contributed by atoms with Crippen LogP contribution in [0.15, 0.2) is 18.2 Å². The van der Waals surface area contributed by atoms with Gasteiger partial charge in [-0.05, 0) is 24.1 Å². The predicted octanol–water partition coefficient (Wildman–Crippen LogP) is 2.34. The van der Waals surface area contributed by atoms with Crippen molar-refractivity contribution in [1.82, 2.24) is 5.32 Å². The molecule has 1 rings (SSSR count). The molecule has 0 radical (unpaired) electrons. The molecule has 6 nitrogen and oxygen atoms in total. The summed E-state index contributed by atoms with van der Waals surface area (Å²) in [4.78, 5) is 35.3. The Hall–Kier alpha value is -2.15. The number of nitrogens with one attached hydrogen (secondary N) is 1. The van der Waals surface area contributed by atoms with Gasteiger partial charge in [0, 0.05) is 5.02 Å². The van der Waals surface area contributed by atoms with Crippen LogP contribution >= 0.6 is 11.6 Å². The topological polar surface area (TPSA) is 81.7 Å². The first-order valence-corrected chi connectivity index (χ1v) is 7.67. The van der Waals surface area contributed by atoms with E-state index in [9.17, 15) is 18.8 Å². The smallest absolute Gasteiger partial charge is 0.341 e. The largest absolute Gasteiger partial charge is 0.467 e. The summed E-state index contributed by atoms with van der Waals surface area (Å²) in [5.41, 5.74) is -0.335. The van der Waals surface area contributed by atoms with Crippen LogP contribution in [0, 0.1) is 11.7 Å². The molecule has 0 spiro atoms. The average Bonchev–Trinajstić information content (AvgIpc) is 2.56. The summed E-state index contributed by atoms with van der Waals surface area (Å²) < 4.78 is 23.0. The van der Waals surface area contributed by atoms with Crippen LogP contribution in [0.1, 0.15) is 30.6 Å². The number of carbonyl (C=O) groups is 3. The van der Waals surface area contributed by atoms with Crippen LogP contribution in [-0.2, 0) is 19.1 Å². The standard InChI is InChI=1S/C16H19ClFNO5/c1-4-9(2)14(16(22)23-3)19-13(20)8-24-15(21)11-6-5-10(17)7-12(11)18/h5-7,9,14H,4,8H2,1-3H3,(H,19,20)/t9-,14-/m1/s1. The third-order valence-corrected chi connectivity index (χ3v) is 3.71. The van der Waals surface area contributed by atoms with Crippen molar-refractivity contribution in [2.75, 3.05) is 13.7 Å². The molecule has 0 bridgehead atoms. The Morgan fingerprint density at radius 1 is 1.33 bits per heavy atom. The number of methoxy groups -OCH3 is 1. The summed E-state index contributed by atoms with van der Waals surface area (Å²) in [6, 6.07) is 2.61. The molecule has 0 aliphatic rings. The van der Waals surface area contributed by atoms with Crippen molar-refractivity contribution in [3.05, 3.63) is 34.6 Å². The Balaban J connectivity index is 2.64. The fraction of sp³-hybridized carbons (Fsp3) is 0.438. The van der Waals surface area contributed by atoms with Crippen LogP contribution in [0.3, 0.4) is 0 Å². The Morgan fingerprint density at radius 2 is 2.00 bits per heavy atom. The van der Waals surface area contributed by atoms with Gasteiger partial charge in [-0.3, -0.25) is 4.79 Å². The summed E-state index contributed by atoms with van der Waals surface area (Å²) >= 11 is 5.59. The molecule has 0 aliphatic heterocycles. The Morgan fingerprint density at radius 3 is 2.54 bits per heavy atom. The molecular formula is C16H19ClFNO5. The molecule has 0 heterocycles. The molecule has 1 N–H and O–H groups in total. The number of esters is 2. The highest BCUT2D eigenvalue weighted by Crippen LogP contribution is 2.15. The zero-order chi connectivity index (χ0) is 18.3. The monoisotopic (exact) mass is 359 g/mol. The molecule has 0 saturated heterocycles. The lowest BCUT2D eigenvalue weighted by Gasteiger charge is -2.21. The summed E-state index contributed by atoms with van der Waals surface area (Å²) in [7, 11) is 1.22. The molecule has 8 heteroatoms. The van der Waals surface area contributed by atoms with E-state index in [1.54, 1.807) is 6.92 Å². The zero-order valence-electron chi connectivity index (χ0n) is 13.6. The van der Waals surface area contributed by atoms with Gasteiger partial charge >= 0.3 is 11.9 Å². The number of halogens is 2. The third-order valence-electron chi connectivity index (χ3n) is 3.47. The van der Waals surface area contributed by atoms with E-state index < -0.39 is 36.3 Å². The first-order valence-electron chi connectivity index (χ1n) is 7.29. The lowest BCUT2D eigenvalue weighted by Crippen LogP contribution is -2.47. The van der Waals surface area contributed by atoms with Gasteiger partial charge in [0.1, 0.15) is 11.9 Å². The molecule has 0 unspecified atom stereocenters. The number of hydrogen-bond acceptors (Lipinski definition) is 5. The number of carbonyl (C=O) groups excluding carboxylic acids is 3. The summed E-state index contributed by atoms with van der Waals surface area (Å²) in [6.45, 7) is 2.98. The fourth-order valence-corrected chi connectivity index (χ4v) is 2.03. The quantitative estimate of drug-likeness (QED) is 0.756. The zero-order valence-corrected chi connectivity index (χ0v) is 14.4. The van der Waals surface area contributed by atoms with E-state index >= 15 is 0 Å². The molecular weight excluding hydrogens is 341 g/mol. The van der Waals surface area contributed by atoms with Gasteiger partial charge in [0.15, 0.2) is 6.61 Å². The Labute approximate surface area is 144 Å². The van der Waals surface area contributed by atoms with Crippen LogP contribution in [-0.4, -0.2) is 37.6 Å². The minimum atomic E-state index is -1.00. The van der Waals surface area contributed by atoms with Crippen LogP contribution in [0.4, 0.5) is 4.39 Å². The Kier molecular flexibility index (Phi) is 7.64. The molecule has 1 aromatic rings. The molecule has 132 valence electrons. The van der Waals surface area contributed by atoms with Gasteiger partial charge in [-0.15, -0.1) is 0 Å². The van der Waals surface area contributed by atoms with E-state index in [0.717, 1.165) is 12.1 Å². The van der Waals surface area contributed by atoms with Crippen molar-refractivity contribution in [3.8, 4) is 0 Å². The van der Waals surface area contributed by atoms with Gasteiger partial charge in [0.05, 0.1) is 12.7 Å². The summed E-state index contributed by atoms with van der Waals surface area (Å²) in [6.07, 6.45) is 0.635. The van der Waals surface area contributed by atoms with Crippen molar-refractivity contribution in [2.24, 2.45) is 5.92 Å². The predicted molar refractivity (Wildman–Crippen MR) is 85.1 cm³/mol. The second kappa shape index (κ2) is 9.22. The third kappa shape index (κ3) is 5.49. The van der Waals surface area contributed by atoms with Gasteiger partial charge in [0.2, 0.25) is 0 Å². The van der Waals surface area contributed by atoms with E-state index in [2.05, 4.69) is 10.1 Å². The molecule has 0 aliphatic carbocycles. The average molecular weight is 360 g/mol. The van der Waals surface area contributed by atoms with Gasteiger partial charge in [-0.25, -0.2) is 14.0 Å². The second-order valence-electron chi connectivity index (χ2n) is 5.15. The minimum Gasteiger partial charge on any atom is -0.467 e. The normalized spacial score (nSPS) is 12.9. The SMILES string of the molecule is CC[C@@H](C)[C@@H](NC(=O)COC(=O)c1ccc(Cl)cc1F)C(=O)OC. The molecule has 0 saturated carbocycles. The molecule has 0 fully saturated rings. The van der Waals surface area contributed by atoms with Crippen molar-refractivity contribution in [1.29, 1.82) is 0 Å². The van der Waals surface area contributed by atoms with E-state index in [1.165, 1.54) is 13.2 Å². The van der Waals surface area contributed by atoms with E-state index in [4.69, 9.17) is 16.3 Å². The molecule has 1 aromatic carbocycles. The lowest BCUT2D eigenvalue weighted by atomic mass is 9.99. The Bertz CT molecular complexity index is 622. The molecule has 1 amide bonds. The maximum atomic E-state index is 13.6. The van der Waals surface area contributed by atoms with Crippen LogP contribution in [0.25, 0.3) is 0 Å². The minimum absolute atomic E-state index is 0.135. The van der Waals surface area contributed by atoms with E-state index in [-0.39, 0.29) is 16.5 Å². The number of benzene rings is 1. The molecule has 2 atom stereocenters. The van der Waals surface area contributed by atoms with Crippen LogP contribution in [0.2, 0.25) is 5.02 Å². The highest BCUT2D eigenvalue weighted by molar-refractivity contribution is 6.30. The van der Waals surface area contributed by atoms with E-state index in [0.29, 0.717) is 6.42 Å².